The lowest BCUT2D eigenvalue weighted by molar-refractivity contribution is 0.0859. The highest BCUT2D eigenvalue weighted by Crippen LogP contribution is 2.31. The summed E-state index contributed by atoms with van der Waals surface area (Å²) >= 11 is 0. The molecule has 0 saturated heterocycles. The lowest BCUT2D eigenvalue weighted by Gasteiger charge is -2.18. The molecule has 4 heteroatoms. The van der Waals surface area contributed by atoms with Gasteiger partial charge < -0.3 is 10.4 Å². The number of nitrogens with zero attached hydrogens (tertiary/aromatic N) is 1. The minimum atomic E-state index is -0.593. The summed E-state index contributed by atoms with van der Waals surface area (Å²) in [4.78, 5) is 17.0. The summed E-state index contributed by atoms with van der Waals surface area (Å²) in [5, 5.41) is 14.1. The van der Waals surface area contributed by atoms with Gasteiger partial charge in [0.2, 0.25) is 0 Å². The summed E-state index contributed by atoms with van der Waals surface area (Å²) in [5.74, 6) is -0.190. The zero-order valence-corrected chi connectivity index (χ0v) is 12.4. The van der Waals surface area contributed by atoms with E-state index in [9.17, 15) is 9.90 Å². The predicted molar refractivity (Wildman–Crippen MR) is 88.1 cm³/mol. The Morgan fingerprint density at radius 1 is 1.09 bits per heavy atom. The van der Waals surface area contributed by atoms with Gasteiger partial charge in [-0.3, -0.25) is 9.78 Å². The van der Waals surface area contributed by atoms with Crippen molar-refractivity contribution in [2.24, 2.45) is 0 Å². The van der Waals surface area contributed by atoms with E-state index in [2.05, 4.69) is 10.3 Å². The fraction of sp³-hybridized carbons (Fsp3) is 0.158. The van der Waals surface area contributed by atoms with E-state index in [0.717, 1.165) is 22.0 Å². The highest BCUT2D eigenvalue weighted by atomic mass is 16.3. The van der Waals surface area contributed by atoms with Crippen LogP contribution in [0.3, 0.4) is 0 Å². The van der Waals surface area contributed by atoms with E-state index in [-0.39, 0.29) is 11.9 Å². The number of aromatic nitrogens is 1. The third kappa shape index (κ3) is 2.37. The van der Waals surface area contributed by atoms with Crippen LogP contribution in [0.4, 0.5) is 0 Å². The average molecular weight is 304 g/mol. The summed E-state index contributed by atoms with van der Waals surface area (Å²) in [6.45, 7) is 0. The van der Waals surface area contributed by atoms with E-state index >= 15 is 0 Å². The van der Waals surface area contributed by atoms with Crippen LogP contribution >= 0.6 is 0 Å². The molecule has 1 amide bonds. The van der Waals surface area contributed by atoms with Gasteiger partial charge >= 0.3 is 0 Å². The van der Waals surface area contributed by atoms with Crippen LogP contribution in [-0.2, 0) is 6.42 Å². The first-order valence-corrected chi connectivity index (χ1v) is 7.64. The molecule has 114 valence electrons. The Labute approximate surface area is 133 Å². The standard InChI is InChI=1S/C19H16N2O2/c22-17-11-12-5-1-2-6-13(12)18(17)21-19(23)15-9-10-20-16-8-4-3-7-14(15)16/h1-10,17-18,22H,11H2,(H,21,23). The first-order chi connectivity index (χ1) is 11.2. The fourth-order valence-electron chi connectivity index (χ4n) is 3.26. The van der Waals surface area contributed by atoms with Gasteiger partial charge in [0.05, 0.1) is 23.2 Å². The second-order valence-corrected chi connectivity index (χ2v) is 5.80. The van der Waals surface area contributed by atoms with E-state index in [1.165, 1.54) is 0 Å². The second kappa shape index (κ2) is 5.48. The van der Waals surface area contributed by atoms with E-state index in [1.807, 2.05) is 48.5 Å². The molecule has 4 nitrogen and oxygen atoms in total. The van der Waals surface area contributed by atoms with Crippen molar-refractivity contribution < 1.29 is 9.90 Å². The van der Waals surface area contributed by atoms with Crippen LogP contribution < -0.4 is 5.32 Å². The van der Waals surface area contributed by atoms with Crippen LogP contribution in [0, 0.1) is 0 Å². The number of para-hydroxylation sites is 1. The number of hydrogen-bond acceptors (Lipinski definition) is 3. The molecular formula is C19H16N2O2. The molecule has 2 atom stereocenters. The van der Waals surface area contributed by atoms with Crippen LogP contribution in [0.1, 0.15) is 27.5 Å². The molecule has 4 rings (SSSR count). The largest absolute Gasteiger partial charge is 0.390 e. The molecule has 2 N–H and O–H groups in total. The van der Waals surface area contributed by atoms with Gasteiger partial charge in [0.25, 0.3) is 5.91 Å². The van der Waals surface area contributed by atoms with Crippen molar-refractivity contribution in [3.8, 4) is 0 Å². The Kier molecular flexibility index (Phi) is 3.32. The van der Waals surface area contributed by atoms with E-state index < -0.39 is 6.10 Å². The molecule has 2 aromatic carbocycles. The lowest BCUT2D eigenvalue weighted by Crippen LogP contribution is -2.34. The van der Waals surface area contributed by atoms with Crippen molar-refractivity contribution in [1.29, 1.82) is 0 Å². The molecule has 3 aromatic rings. The van der Waals surface area contributed by atoms with Crippen molar-refractivity contribution in [2.45, 2.75) is 18.6 Å². The summed E-state index contributed by atoms with van der Waals surface area (Å²) in [7, 11) is 0. The van der Waals surface area contributed by atoms with Crippen molar-refractivity contribution in [2.75, 3.05) is 0 Å². The summed E-state index contributed by atoms with van der Waals surface area (Å²) in [6.07, 6.45) is 1.61. The Morgan fingerprint density at radius 2 is 1.87 bits per heavy atom. The SMILES string of the molecule is O=C(NC1c2ccccc2CC1O)c1ccnc2ccccc12. The van der Waals surface area contributed by atoms with E-state index in [0.29, 0.717) is 12.0 Å². The molecule has 0 fully saturated rings. The van der Waals surface area contributed by atoms with Gasteiger partial charge in [0, 0.05) is 18.0 Å². The topological polar surface area (TPSA) is 62.2 Å². The van der Waals surface area contributed by atoms with Gasteiger partial charge in [-0.25, -0.2) is 0 Å². The summed E-state index contributed by atoms with van der Waals surface area (Å²) in [6, 6.07) is 16.7. The molecule has 0 spiro atoms. The van der Waals surface area contributed by atoms with E-state index in [1.54, 1.807) is 12.3 Å². The quantitative estimate of drug-likeness (QED) is 0.765. The van der Waals surface area contributed by atoms with Gasteiger partial charge in [-0.15, -0.1) is 0 Å². The van der Waals surface area contributed by atoms with Crippen LogP contribution in [0.15, 0.2) is 60.8 Å². The van der Waals surface area contributed by atoms with Gasteiger partial charge in [-0.05, 0) is 23.3 Å². The van der Waals surface area contributed by atoms with Crippen LogP contribution in [0.2, 0.25) is 0 Å². The number of carbonyl (C=O) groups is 1. The molecule has 1 aromatic heterocycles. The maximum atomic E-state index is 12.7. The average Bonchev–Trinajstić information content (AvgIpc) is 2.90. The normalized spacial score (nSPS) is 19.5. The third-order valence-corrected chi connectivity index (χ3v) is 4.38. The maximum absolute atomic E-state index is 12.7. The number of carbonyl (C=O) groups excluding carboxylic acids is 1. The number of benzene rings is 2. The highest BCUT2D eigenvalue weighted by molar-refractivity contribution is 6.06. The molecular weight excluding hydrogens is 288 g/mol. The molecule has 0 bridgehead atoms. The van der Waals surface area contributed by atoms with E-state index in [4.69, 9.17) is 0 Å². The third-order valence-electron chi connectivity index (χ3n) is 4.38. The minimum absolute atomic E-state index is 0.190. The van der Waals surface area contributed by atoms with Gasteiger partial charge in [0.1, 0.15) is 0 Å². The first-order valence-electron chi connectivity index (χ1n) is 7.64. The fourth-order valence-corrected chi connectivity index (χ4v) is 3.26. The highest BCUT2D eigenvalue weighted by Gasteiger charge is 2.32. The Hall–Kier alpha value is -2.72. The Balaban J connectivity index is 1.68. The van der Waals surface area contributed by atoms with Crippen molar-refractivity contribution in [3.05, 3.63) is 77.5 Å². The zero-order chi connectivity index (χ0) is 15.8. The summed E-state index contributed by atoms with van der Waals surface area (Å²) < 4.78 is 0. The lowest BCUT2D eigenvalue weighted by atomic mass is 10.1. The second-order valence-electron chi connectivity index (χ2n) is 5.80. The molecule has 1 aliphatic rings. The minimum Gasteiger partial charge on any atom is -0.390 e. The van der Waals surface area contributed by atoms with Gasteiger partial charge in [0.15, 0.2) is 0 Å². The van der Waals surface area contributed by atoms with Crippen molar-refractivity contribution in [3.63, 3.8) is 0 Å². The van der Waals surface area contributed by atoms with Crippen molar-refractivity contribution in [1.82, 2.24) is 10.3 Å². The number of nitrogens with one attached hydrogen (secondary N) is 1. The first kappa shape index (κ1) is 13.9. The van der Waals surface area contributed by atoms with Crippen LogP contribution in [0.25, 0.3) is 10.9 Å². The van der Waals surface area contributed by atoms with Gasteiger partial charge in [-0.1, -0.05) is 42.5 Å². The smallest absolute Gasteiger partial charge is 0.252 e. The predicted octanol–water partition coefficient (Wildman–Crippen LogP) is 2.62. The number of aliphatic hydroxyl groups excluding tert-OH is 1. The number of amides is 1. The monoisotopic (exact) mass is 304 g/mol. The number of pyridine rings is 1. The van der Waals surface area contributed by atoms with Gasteiger partial charge in [-0.2, -0.15) is 0 Å². The number of hydrogen-bond donors (Lipinski definition) is 2. The zero-order valence-electron chi connectivity index (χ0n) is 12.4. The molecule has 0 radical (unpaired) electrons. The van der Waals surface area contributed by atoms with Crippen molar-refractivity contribution >= 4 is 16.8 Å². The number of fused-ring (bicyclic) bond motifs is 2. The molecule has 0 aliphatic heterocycles. The molecule has 1 aliphatic carbocycles. The van der Waals surface area contributed by atoms with Crippen LogP contribution in [0.5, 0.6) is 0 Å². The molecule has 2 unspecified atom stereocenters. The Bertz CT molecular complexity index is 886. The molecule has 0 saturated carbocycles. The van der Waals surface area contributed by atoms with Crippen LogP contribution in [-0.4, -0.2) is 22.1 Å². The Morgan fingerprint density at radius 3 is 2.78 bits per heavy atom. The molecule has 23 heavy (non-hydrogen) atoms. The summed E-state index contributed by atoms with van der Waals surface area (Å²) in [5.41, 5.74) is 3.44. The molecule has 1 heterocycles. The number of rotatable bonds is 2. The number of aliphatic hydroxyl groups is 1. The maximum Gasteiger partial charge on any atom is 0.252 e.